The minimum Gasteiger partial charge on any atom is -0.497 e. The number of amides is 2. The van der Waals surface area contributed by atoms with E-state index in [0.717, 1.165) is 15.9 Å². The number of thiocarbonyl (C=S) groups is 1. The summed E-state index contributed by atoms with van der Waals surface area (Å²) >= 11 is 8.64. The number of hydrogen-bond acceptors (Lipinski definition) is 4. The van der Waals surface area contributed by atoms with Gasteiger partial charge in [-0.25, -0.2) is 0 Å². The highest BCUT2D eigenvalue weighted by Gasteiger charge is 2.34. The molecule has 150 valence electrons. The number of benzene rings is 2. The van der Waals surface area contributed by atoms with Crippen LogP contribution in [0.5, 0.6) is 5.75 Å². The lowest BCUT2D eigenvalue weighted by molar-refractivity contribution is -0.122. The Morgan fingerprint density at radius 3 is 2.50 bits per heavy atom. The third-order valence-electron chi connectivity index (χ3n) is 4.59. The van der Waals surface area contributed by atoms with E-state index in [-0.39, 0.29) is 10.7 Å². The fourth-order valence-corrected chi connectivity index (χ4v) is 3.81. The second-order valence-corrected chi connectivity index (χ2v) is 7.74. The van der Waals surface area contributed by atoms with Gasteiger partial charge in [-0.05, 0) is 72.9 Å². The van der Waals surface area contributed by atoms with E-state index in [1.165, 1.54) is 4.90 Å². The fraction of sp³-hybridized carbons (Fsp3) is 0.0455. The Bertz CT molecular complexity index is 1180. The summed E-state index contributed by atoms with van der Waals surface area (Å²) in [6.45, 7) is 0. The number of halogens is 1. The average Bonchev–Trinajstić information content (AvgIpc) is 3.19. The van der Waals surface area contributed by atoms with Crippen LogP contribution in [0.25, 0.3) is 11.8 Å². The monoisotopic (exact) mass is 481 g/mol. The Morgan fingerprint density at radius 1 is 1.03 bits per heavy atom. The zero-order chi connectivity index (χ0) is 21.3. The maximum absolute atomic E-state index is 13.2. The van der Waals surface area contributed by atoms with Crippen molar-refractivity contribution in [3.05, 3.63) is 82.6 Å². The summed E-state index contributed by atoms with van der Waals surface area (Å²) in [6, 6.07) is 18.3. The lowest BCUT2D eigenvalue weighted by atomic mass is 10.1. The van der Waals surface area contributed by atoms with Crippen molar-refractivity contribution >= 4 is 56.8 Å². The Hall–Kier alpha value is -3.23. The topological polar surface area (TPSA) is 63.6 Å². The number of hydrogen-bond donors (Lipinski definition) is 1. The number of carbonyl (C=O) groups excluding carboxylic acids is 2. The highest BCUT2D eigenvalue weighted by Crippen LogP contribution is 2.25. The molecule has 1 aliphatic heterocycles. The van der Waals surface area contributed by atoms with Gasteiger partial charge in [0.2, 0.25) is 0 Å². The first-order valence-electron chi connectivity index (χ1n) is 8.97. The molecule has 0 saturated carbocycles. The van der Waals surface area contributed by atoms with Gasteiger partial charge in [0.15, 0.2) is 5.11 Å². The van der Waals surface area contributed by atoms with E-state index < -0.39 is 11.8 Å². The number of nitrogens with one attached hydrogen (secondary N) is 1. The average molecular weight is 482 g/mol. The molecular formula is C22H16BrN3O3S. The lowest BCUT2D eigenvalue weighted by Gasteiger charge is -2.29. The molecular weight excluding hydrogens is 466 g/mol. The summed E-state index contributed by atoms with van der Waals surface area (Å²) in [7, 11) is 1.61. The first-order chi connectivity index (χ1) is 14.5. The van der Waals surface area contributed by atoms with Gasteiger partial charge < -0.3 is 9.30 Å². The molecule has 1 saturated heterocycles. The van der Waals surface area contributed by atoms with Gasteiger partial charge in [0.05, 0.1) is 12.8 Å². The van der Waals surface area contributed by atoms with Crippen molar-refractivity contribution in [3.8, 4) is 11.4 Å². The van der Waals surface area contributed by atoms with E-state index >= 15 is 0 Å². The van der Waals surface area contributed by atoms with Crippen molar-refractivity contribution in [1.82, 2.24) is 9.88 Å². The Balaban J connectivity index is 1.73. The summed E-state index contributed by atoms with van der Waals surface area (Å²) in [5, 5.41) is 2.65. The molecule has 0 radical (unpaired) electrons. The summed E-state index contributed by atoms with van der Waals surface area (Å²) in [6.07, 6.45) is 3.42. The minimum absolute atomic E-state index is 0.00274. The predicted octanol–water partition coefficient (Wildman–Crippen LogP) is 4.08. The van der Waals surface area contributed by atoms with Crippen molar-refractivity contribution in [2.75, 3.05) is 12.0 Å². The number of ether oxygens (including phenoxy) is 1. The summed E-state index contributed by atoms with van der Waals surface area (Å²) in [4.78, 5) is 27.1. The van der Waals surface area contributed by atoms with Gasteiger partial charge in [0.1, 0.15) is 11.3 Å². The molecule has 1 aliphatic rings. The van der Waals surface area contributed by atoms with Gasteiger partial charge in [-0.3, -0.25) is 19.8 Å². The van der Waals surface area contributed by atoms with E-state index in [9.17, 15) is 9.59 Å². The minimum atomic E-state index is -0.529. The van der Waals surface area contributed by atoms with Crippen LogP contribution in [0.15, 0.2) is 76.9 Å². The number of anilines is 1. The maximum Gasteiger partial charge on any atom is 0.270 e. The van der Waals surface area contributed by atoms with Crippen LogP contribution in [0.2, 0.25) is 0 Å². The third kappa shape index (κ3) is 3.79. The van der Waals surface area contributed by atoms with Gasteiger partial charge in [-0.15, -0.1) is 0 Å². The van der Waals surface area contributed by atoms with Gasteiger partial charge >= 0.3 is 0 Å². The van der Waals surface area contributed by atoms with E-state index in [1.54, 1.807) is 31.4 Å². The van der Waals surface area contributed by atoms with Crippen LogP contribution in [0.3, 0.4) is 0 Å². The standard InChI is InChI=1S/C22H16BrN3O3S/c1-29-18-9-7-15(8-10-18)25-11-3-6-16(25)13-19-20(27)24-22(30)26(21(19)28)17-5-2-4-14(23)12-17/h2-13H,1H3,(H,24,27,30). The van der Waals surface area contributed by atoms with Crippen LogP contribution in [-0.4, -0.2) is 28.6 Å². The highest BCUT2D eigenvalue weighted by molar-refractivity contribution is 9.10. The molecule has 1 aromatic heterocycles. The van der Waals surface area contributed by atoms with Gasteiger partial charge in [-0.2, -0.15) is 0 Å². The predicted molar refractivity (Wildman–Crippen MR) is 123 cm³/mol. The number of methoxy groups -OCH3 is 1. The van der Waals surface area contributed by atoms with E-state index in [2.05, 4.69) is 21.2 Å². The van der Waals surface area contributed by atoms with Crippen molar-refractivity contribution < 1.29 is 14.3 Å². The number of nitrogens with zero attached hydrogens (tertiary/aromatic N) is 2. The number of carbonyl (C=O) groups is 2. The summed E-state index contributed by atoms with van der Waals surface area (Å²) in [5.41, 5.74) is 2.12. The molecule has 30 heavy (non-hydrogen) atoms. The van der Waals surface area contributed by atoms with Gasteiger partial charge in [0.25, 0.3) is 11.8 Å². The Morgan fingerprint density at radius 2 is 1.80 bits per heavy atom. The first-order valence-corrected chi connectivity index (χ1v) is 10.2. The summed E-state index contributed by atoms with van der Waals surface area (Å²) in [5.74, 6) is -0.270. The van der Waals surface area contributed by atoms with Crippen LogP contribution in [0.1, 0.15) is 5.69 Å². The molecule has 2 aromatic carbocycles. The smallest absolute Gasteiger partial charge is 0.270 e. The SMILES string of the molecule is COc1ccc(-n2cccc2C=C2C(=O)NC(=S)N(c3cccc(Br)c3)C2=O)cc1. The summed E-state index contributed by atoms with van der Waals surface area (Å²) < 4.78 is 7.87. The first kappa shape index (κ1) is 20.1. The molecule has 0 atom stereocenters. The molecule has 3 aromatic rings. The molecule has 0 bridgehead atoms. The molecule has 2 heterocycles. The van der Waals surface area contributed by atoms with Crippen LogP contribution in [0, 0.1) is 0 Å². The van der Waals surface area contributed by atoms with Gasteiger partial charge in [-0.1, -0.05) is 22.0 Å². The van der Waals surface area contributed by atoms with Crippen molar-refractivity contribution in [2.24, 2.45) is 0 Å². The van der Waals surface area contributed by atoms with Crippen LogP contribution in [0.4, 0.5) is 5.69 Å². The zero-order valence-corrected chi connectivity index (χ0v) is 18.2. The quantitative estimate of drug-likeness (QED) is 0.346. The van der Waals surface area contributed by atoms with Crippen LogP contribution >= 0.6 is 28.1 Å². The van der Waals surface area contributed by atoms with Crippen molar-refractivity contribution in [3.63, 3.8) is 0 Å². The zero-order valence-electron chi connectivity index (χ0n) is 15.8. The third-order valence-corrected chi connectivity index (χ3v) is 5.37. The van der Waals surface area contributed by atoms with Crippen LogP contribution in [-0.2, 0) is 9.59 Å². The van der Waals surface area contributed by atoms with Gasteiger partial charge in [0, 0.05) is 22.1 Å². The second-order valence-electron chi connectivity index (χ2n) is 6.44. The lowest BCUT2D eigenvalue weighted by Crippen LogP contribution is -2.54. The highest BCUT2D eigenvalue weighted by atomic mass is 79.9. The maximum atomic E-state index is 13.2. The molecule has 4 rings (SSSR count). The van der Waals surface area contributed by atoms with Crippen molar-refractivity contribution in [1.29, 1.82) is 0 Å². The number of aromatic nitrogens is 1. The molecule has 1 fully saturated rings. The Kier molecular flexibility index (Phi) is 5.52. The largest absolute Gasteiger partial charge is 0.497 e. The molecule has 0 aliphatic carbocycles. The number of rotatable bonds is 4. The fourth-order valence-electron chi connectivity index (χ4n) is 3.14. The van der Waals surface area contributed by atoms with E-state index in [4.69, 9.17) is 17.0 Å². The molecule has 8 heteroatoms. The Labute approximate surface area is 186 Å². The van der Waals surface area contributed by atoms with Crippen molar-refractivity contribution in [2.45, 2.75) is 0 Å². The molecule has 2 amide bonds. The van der Waals surface area contributed by atoms with Crippen LogP contribution < -0.4 is 15.0 Å². The molecule has 6 nitrogen and oxygen atoms in total. The molecule has 0 unspecified atom stereocenters. The molecule has 1 N–H and O–H groups in total. The normalized spacial score (nSPS) is 15.5. The second kappa shape index (κ2) is 8.25. The van der Waals surface area contributed by atoms with E-state index in [0.29, 0.717) is 11.4 Å². The molecule has 0 spiro atoms. The van der Waals surface area contributed by atoms with E-state index in [1.807, 2.05) is 53.2 Å².